The van der Waals surface area contributed by atoms with Crippen molar-refractivity contribution in [3.05, 3.63) is 53.2 Å². The Balaban J connectivity index is 1.37. The number of nitrogens with zero attached hydrogens (tertiary/aromatic N) is 3. The molecule has 5 rings (SSSR count). The van der Waals surface area contributed by atoms with Crippen LogP contribution in [0, 0.1) is 0 Å². The van der Waals surface area contributed by atoms with E-state index >= 15 is 0 Å². The smallest absolute Gasteiger partial charge is 0.251 e. The number of amides is 1. The summed E-state index contributed by atoms with van der Waals surface area (Å²) in [5.74, 6) is 1.06. The van der Waals surface area contributed by atoms with Crippen LogP contribution in [0.15, 0.2) is 42.0 Å². The van der Waals surface area contributed by atoms with E-state index in [9.17, 15) is 4.79 Å². The fourth-order valence-corrected chi connectivity index (χ4v) is 3.95. The predicted octanol–water partition coefficient (Wildman–Crippen LogP) is 3.75. The second-order valence-electron chi connectivity index (χ2n) is 7.14. The molecule has 1 N–H and O–H groups in total. The predicted molar refractivity (Wildman–Crippen MR) is 104 cm³/mol. The Morgan fingerprint density at radius 2 is 1.92 bits per heavy atom. The summed E-state index contributed by atoms with van der Waals surface area (Å²) >= 11 is 1.65. The van der Waals surface area contributed by atoms with E-state index in [1.54, 1.807) is 17.7 Å². The van der Waals surface area contributed by atoms with E-state index in [-0.39, 0.29) is 5.91 Å². The molecular weight excluding hydrogens is 344 g/mol. The second kappa shape index (κ2) is 6.36. The summed E-state index contributed by atoms with van der Waals surface area (Å²) in [4.78, 5) is 24.5. The first-order valence-corrected chi connectivity index (χ1v) is 10.0. The van der Waals surface area contributed by atoms with Crippen molar-refractivity contribution in [2.45, 2.75) is 44.3 Å². The highest BCUT2D eigenvalue weighted by molar-refractivity contribution is 7.16. The Morgan fingerprint density at radius 1 is 1.12 bits per heavy atom. The zero-order chi connectivity index (χ0) is 17.5. The molecule has 0 radical (unpaired) electrons. The van der Waals surface area contributed by atoms with Gasteiger partial charge in [0.25, 0.3) is 5.91 Å². The van der Waals surface area contributed by atoms with E-state index in [0.29, 0.717) is 12.1 Å². The normalized spacial score (nSPS) is 16.6. The van der Waals surface area contributed by atoms with E-state index in [0.717, 1.165) is 41.0 Å². The van der Waals surface area contributed by atoms with Gasteiger partial charge in [-0.25, -0.2) is 9.97 Å². The molecule has 2 aliphatic carbocycles. The SMILES string of the molecule is O=C(NC1CC1)c1ccc(CN(c2ncnc3sccc23)C2CC2)cc1. The third-order valence-corrected chi connectivity index (χ3v) is 5.80. The molecule has 132 valence electrons. The van der Waals surface area contributed by atoms with Crippen molar-refractivity contribution in [2.24, 2.45) is 0 Å². The molecule has 2 heterocycles. The lowest BCUT2D eigenvalue weighted by Crippen LogP contribution is -2.27. The van der Waals surface area contributed by atoms with Gasteiger partial charge in [0.05, 0.1) is 5.39 Å². The first kappa shape index (κ1) is 15.8. The molecule has 0 saturated heterocycles. The first-order chi connectivity index (χ1) is 12.8. The lowest BCUT2D eigenvalue weighted by molar-refractivity contribution is 0.0951. The van der Waals surface area contributed by atoms with Crippen LogP contribution in [-0.2, 0) is 6.54 Å². The van der Waals surface area contributed by atoms with Crippen molar-refractivity contribution < 1.29 is 4.79 Å². The van der Waals surface area contributed by atoms with Gasteiger partial charge in [0.2, 0.25) is 0 Å². The average molecular weight is 364 g/mol. The maximum atomic E-state index is 12.1. The van der Waals surface area contributed by atoms with Crippen molar-refractivity contribution in [3.8, 4) is 0 Å². The first-order valence-electron chi connectivity index (χ1n) is 9.12. The van der Waals surface area contributed by atoms with Crippen LogP contribution in [0.4, 0.5) is 5.82 Å². The molecule has 2 saturated carbocycles. The Kier molecular flexibility index (Phi) is 3.85. The molecule has 0 spiro atoms. The standard InChI is InChI=1S/C20H20N4OS/c25-19(23-15-5-6-15)14-3-1-13(2-4-14)11-24(16-7-8-16)18-17-9-10-26-20(17)22-12-21-18/h1-4,9-10,12,15-16H,5-8,11H2,(H,23,25). The van der Waals surface area contributed by atoms with Gasteiger partial charge in [0.15, 0.2) is 0 Å². The summed E-state index contributed by atoms with van der Waals surface area (Å²) in [5.41, 5.74) is 1.93. The molecule has 2 fully saturated rings. The number of thiophene rings is 1. The van der Waals surface area contributed by atoms with E-state index in [1.807, 2.05) is 12.1 Å². The zero-order valence-corrected chi connectivity index (χ0v) is 15.2. The van der Waals surface area contributed by atoms with Gasteiger partial charge in [0, 0.05) is 24.2 Å². The molecule has 3 aromatic rings. The van der Waals surface area contributed by atoms with Gasteiger partial charge in [0.1, 0.15) is 17.0 Å². The van der Waals surface area contributed by atoms with Gasteiger partial charge in [-0.1, -0.05) is 12.1 Å². The number of aromatic nitrogens is 2. The number of anilines is 1. The van der Waals surface area contributed by atoms with Gasteiger partial charge in [-0.15, -0.1) is 11.3 Å². The maximum Gasteiger partial charge on any atom is 0.251 e. The van der Waals surface area contributed by atoms with Gasteiger partial charge in [-0.2, -0.15) is 0 Å². The van der Waals surface area contributed by atoms with Crippen LogP contribution in [0.5, 0.6) is 0 Å². The summed E-state index contributed by atoms with van der Waals surface area (Å²) in [6.45, 7) is 0.803. The average Bonchev–Trinajstić information content (AvgIpc) is 3.59. The molecule has 2 aromatic heterocycles. The zero-order valence-electron chi connectivity index (χ0n) is 14.4. The molecule has 1 aromatic carbocycles. The summed E-state index contributed by atoms with van der Waals surface area (Å²) in [7, 11) is 0. The number of benzene rings is 1. The van der Waals surface area contributed by atoms with Crippen molar-refractivity contribution >= 4 is 33.3 Å². The molecule has 2 aliphatic rings. The molecule has 6 heteroatoms. The van der Waals surface area contributed by atoms with Crippen LogP contribution in [0.25, 0.3) is 10.2 Å². The van der Waals surface area contributed by atoms with Crippen molar-refractivity contribution in [1.29, 1.82) is 0 Å². The van der Waals surface area contributed by atoms with E-state index in [2.05, 4.69) is 43.8 Å². The van der Waals surface area contributed by atoms with Crippen LogP contribution in [-0.4, -0.2) is 28.0 Å². The number of nitrogens with one attached hydrogen (secondary N) is 1. The Labute approximate surface area is 156 Å². The van der Waals surface area contributed by atoms with E-state index in [1.165, 1.54) is 18.4 Å². The largest absolute Gasteiger partial charge is 0.349 e. The van der Waals surface area contributed by atoms with Crippen LogP contribution < -0.4 is 10.2 Å². The fourth-order valence-electron chi connectivity index (χ4n) is 3.22. The van der Waals surface area contributed by atoms with Gasteiger partial charge in [-0.3, -0.25) is 4.79 Å². The second-order valence-corrected chi connectivity index (χ2v) is 8.04. The molecular formula is C20H20N4OS. The maximum absolute atomic E-state index is 12.1. The molecule has 26 heavy (non-hydrogen) atoms. The van der Waals surface area contributed by atoms with Crippen LogP contribution >= 0.6 is 11.3 Å². The quantitative estimate of drug-likeness (QED) is 0.724. The third kappa shape index (κ3) is 3.17. The van der Waals surface area contributed by atoms with E-state index in [4.69, 9.17) is 0 Å². The number of rotatable bonds is 6. The van der Waals surface area contributed by atoms with Crippen LogP contribution in [0.3, 0.4) is 0 Å². The van der Waals surface area contributed by atoms with Crippen molar-refractivity contribution in [3.63, 3.8) is 0 Å². The van der Waals surface area contributed by atoms with Crippen molar-refractivity contribution in [1.82, 2.24) is 15.3 Å². The van der Waals surface area contributed by atoms with Gasteiger partial charge < -0.3 is 10.2 Å². The van der Waals surface area contributed by atoms with Crippen LogP contribution in [0.2, 0.25) is 0 Å². The lowest BCUT2D eigenvalue weighted by atomic mass is 10.1. The number of hydrogen-bond acceptors (Lipinski definition) is 5. The highest BCUT2D eigenvalue weighted by Crippen LogP contribution is 2.36. The minimum Gasteiger partial charge on any atom is -0.349 e. The number of carbonyl (C=O) groups excluding carboxylic acids is 1. The van der Waals surface area contributed by atoms with Gasteiger partial charge in [-0.05, 0) is 54.8 Å². The number of fused-ring (bicyclic) bond motifs is 1. The minimum absolute atomic E-state index is 0.0360. The van der Waals surface area contributed by atoms with E-state index < -0.39 is 0 Å². The monoisotopic (exact) mass is 364 g/mol. The number of hydrogen-bond donors (Lipinski definition) is 1. The Bertz CT molecular complexity index is 944. The lowest BCUT2D eigenvalue weighted by Gasteiger charge is -2.24. The summed E-state index contributed by atoms with van der Waals surface area (Å²) in [6.07, 6.45) is 6.29. The minimum atomic E-state index is 0.0360. The fraction of sp³-hybridized carbons (Fsp3) is 0.350. The summed E-state index contributed by atoms with van der Waals surface area (Å²) in [6, 6.07) is 11.0. The molecule has 1 amide bonds. The molecule has 0 bridgehead atoms. The Hall–Kier alpha value is -2.47. The van der Waals surface area contributed by atoms with Gasteiger partial charge >= 0.3 is 0 Å². The molecule has 0 aliphatic heterocycles. The summed E-state index contributed by atoms with van der Waals surface area (Å²) < 4.78 is 0. The van der Waals surface area contributed by atoms with Crippen LogP contribution in [0.1, 0.15) is 41.6 Å². The van der Waals surface area contributed by atoms with Crippen molar-refractivity contribution in [2.75, 3.05) is 4.90 Å². The number of carbonyl (C=O) groups is 1. The highest BCUT2D eigenvalue weighted by atomic mass is 32.1. The molecule has 0 unspecified atom stereocenters. The highest BCUT2D eigenvalue weighted by Gasteiger charge is 2.31. The molecule has 0 atom stereocenters. The summed E-state index contributed by atoms with van der Waals surface area (Å²) in [5, 5.41) is 6.24. The third-order valence-electron chi connectivity index (χ3n) is 4.98. The topological polar surface area (TPSA) is 58.1 Å². The molecule has 5 nitrogen and oxygen atoms in total. The Morgan fingerprint density at radius 3 is 2.65 bits per heavy atom.